The van der Waals surface area contributed by atoms with Crippen molar-refractivity contribution in [2.75, 3.05) is 37.7 Å². The normalized spacial score (nSPS) is 15.4. The van der Waals surface area contributed by atoms with Gasteiger partial charge in [0.05, 0.1) is 23.0 Å². The number of hydrogen-bond acceptors (Lipinski definition) is 7. The van der Waals surface area contributed by atoms with Crippen molar-refractivity contribution in [3.8, 4) is 0 Å². The Morgan fingerprint density at radius 3 is 2.61 bits per heavy atom. The van der Waals surface area contributed by atoms with E-state index in [0.717, 1.165) is 6.07 Å². The quantitative estimate of drug-likeness (QED) is 0.533. The van der Waals surface area contributed by atoms with E-state index in [1.165, 1.54) is 12.1 Å². The zero-order chi connectivity index (χ0) is 17.0. The van der Waals surface area contributed by atoms with E-state index in [1.54, 1.807) is 4.90 Å². The van der Waals surface area contributed by atoms with E-state index in [2.05, 4.69) is 0 Å². The van der Waals surface area contributed by atoms with Gasteiger partial charge in [-0.25, -0.2) is 8.42 Å². The Morgan fingerprint density at radius 2 is 2.04 bits per heavy atom. The summed E-state index contributed by atoms with van der Waals surface area (Å²) in [6.07, 6.45) is 0. The van der Waals surface area contributed by atoms with Gasteiger partial charge in [-0.3, -0.25) is 14.9 Å². The monoisotopic (exact) mass is 345 g/mol. The van der Waals surface area contributed by atoms with Gasteiger partial charge in [-0.1, -0.05) is 0 Å². The molecule has 1 aromatic carbocycles. The molecule has 126 valence electrons. The number of sulfonamides is 1. The van der Waals surface area contributed by atoms with Crippen LogP contribution >= 0.6 is 0 Å². The molecule has 1 aromatic rings. The average Bonchev–Trinajstić information content (AvgIpc) is 2.53. The number of anilines is 1. The first-order chi connectivity index (χ1) is 10.8. The van der Waals surface area contributed by atoms with Crippen molar-refractivity contribution < 1.29 is 28.0 Å². The lowest BCUT2D eigenvalue weighted by Gasteiger charge is -2.28. The Hall–Kier alpha value is -2.24. The summed E-state index contributed by atoms with van der Waals surface area (Å²) >= 11 is 0. The number of nitrogens with one attached hydrogen (secondary N) is 1. The maximum atomic E-state index is 12.0. The summed E-state index contributed by atoms with van der Waals surface area (Å²) in [6, 6.07) is 3.48. The molecule has 1 aliphatic heterocycles. The Balaban J connectivity index is 2.35. The smallest absolute Gasteiger partial charge is 0.318 e. The van der Waals surface area contributed by atoms with E-state index < -0.39 is 27.5 Å². The number of nitrogens with zero attached hydrogens (tertiary/aromatic N) is 2. The van der Waals surface area contributed by atoms with Gasteiger partial charge in [0, 0.05) is 19.2 Å². The van der Waals surface area contributed by atoms with Crippen LogP contribution in [0, 0.1) is 10.1 Å². The third-order valence-electron chi connectivity index (χ3n) is 3.22. The second-order valence-electron chi connectivity index (χ2n) is 4.73. The fourth-order valence-electron chi connectivity index (χ4n) is 2.13. The Bertz CT molecular complexity index is 713. The van der Waals surface area contributed by atoms with Gasteiger partial charge in [-0.05, 0) is 12.1 Å². The highest BCUT2D eigenvalue weighted by molar-refractivity contribution is 7.89. The standard InChI is InChI=1S/C12H15N3O7S/c16-12(17)8-13-23(20,21)9-1-2-10(11(7-9)15(18)19)14-3-5-22-6-4-14/h1-2,7,13H,3-6,8H2,(H,16,17). The van der Waals surface area contributed by atoms with Crippen LogP contribution in [0.1, 0.15) is 0 Å². The number of nitro benzene ring substituents is 1. The molecule has 0 radical (unpaired) electrons. The average molecular weight is 345 g/mol. The SMILES string of the molecule is O=C(O)CNS(=O)(=O)c1ccc(N2CCOCC2)c([N+](=O)[O-])c1. The van der Waals surface area contributed by atoms with Crippen LogP contribution in [0.25, 0.3) is 0 Å². The van der Waals surface area contributed by atoms with Crippen LogP contribution in [-0.4, -0.2) is 57.3 Å². The van der Waals surface area contributed by atoms with Crippen LogP contribution in [0.15, 0.2) is 23.1 Å². The zero-order valence-electron chi connectivity index (χ0n) is 12.0. The van der Waals surface area contributed by atoms with Crippen molar-refractivity contribution in [2.24, 2.45) is 0 Å². The van der Waals surface area contributed by atoms with Gasteiger partial charge in [0.2, 0.25) is 10.0 Å². The van der Waals surface area contributed by atoms with Crippen molar-refractivity contribution in [2.45, 2.75) is 4.90 Å². The molecule has 23 heavy (non-hydrogen) atoms. The van der Waals surface area contributed by atoms with Crippen molar-refractivity contribution in [3.05, 3.63) is 28.3 Å². The summed E-state index contributed by atoms with van der Waals surface area (Å²) < 4.78 is 31.0. The number of carboxylic acid groups (broad SMARTS) is 1. The van der Waals surface area contributed by atoms with Crippen LogP contribution < -0.4 is 9.62 Å². The molecule has 1 saturated heterocycles. The molecule has 1 fully saturated rings. The number of carbonyl (C=O) groups is 1. The molecule has 0 aromatic heterocycles. The third kappa shape index (κ3) is 4.15. The molecular weight excluding hydrogens is 330 g/mol. The molecule has 10 nitrogen and oxygen atoms in total. The molecule has 2 N–H and O–H groups in total. The number of benzene rings is 1. The molecule has 2 rings (SSSR count). The van der Waals surface area contributed by atoms with Crippen LogP contribution in [0.3, 0.4) is 0 Å². The fraction of sp³-hybridized carbons (Fsp3) is 0.417. The lowest BCUT2D eigenvalue weighted by Crippen LogP contribution is -2.36. The van der Waals surface area contributed by atoms with Crippen LogP contribution in [-0.2, 0) is 19.6 Å². The van der Waals surface area contributed by atoms with Gasteiger partial charge in [-0.15, -0.1) is 0 Å². The molecule has 0 bridgehead atoms. The fourth-order valence-corrected chi connectivity index (χ4v) is 3.12. The minimum atomic E-state index is -4.14. The second kappa shape index (κ2) is 6.89. The maximum Gasteiger partial charge on any atom is 0.318 e. The molecule has 11 heteroatoms. The van der Waals surface area contributed by atoms with E-state index in [0.29, 0.717) is 32.0 Å². The lowest BCUT2D eigenvalue weighted by atomic mass is 10.2. The minimum absolute atomic E-state index is 0.301. The van der Waals surface area contributed by atoms with Crippen molar-refractivity contribution >= 4 is 27.4 Å². The summed E-state index contributed by atoms with van der Waals surface area (Å²) in [5.74, 6) is -1.35. The van der Waals surface area contributed by atoms with Gasteiger partial charge < -0.3 is 14.7 Å². The third-order valence-corrected chi connectivity index (χ3v) is 4.62. The number of aliphatic carboxylic acids is 1. The first-order valence-corrected chi connectivity index (χ1v) is 8.12. The molecule has 1 heterocycles. The van der Waals surface area contributed by atoms with E-state index >= 15 is 0 Å². The first kappa shape index (κ1) is 17.1. The van der Waals surface area contributed by atoms with Crippen LogP contribution in [0.2, 0.25) is 0 Å². The van der Waals surface area contributed by atoms with Crippen LogP contribution in [0.5, 0.6) is 0 Å². The summed E-state index contributed by atoms with van der Waals surface area (Å²) in [5.41, 5.74) is -0.0550. The van der Waals surface area contributed by atoms with Gasteiger partial charge in [0.15, 0.2) is 0 Å². The zero-order valence-corrected chi connectivity index (χ0v) is 12.8. The summed E-state index contributed by atoms with van der Waals surface area (Å²) in [5, 5.41) is 19.8. The molecule has 0 atom stereocenters. The lowest BCUT2D eigenvalue weighted by molar-refractivity contribution is -0.384. The Morgan fingerprint density at radius 1 is 1.39 bits per heavy atom. The van der Waals surface area contributed by atoms with Crippen molar-refractivity contribution in [3.63, 3.8) is 0 Å². The highest BCUT2D eigenvalue weighted by atomic mass is 32.2. The van der Waals surface area contributed by atoms with Crippen molar-refractivity contribution in [1.82, 2.24) is 4.72 Å². The van der Waals surface area contributed by atoms with E-state index in [9.17, 15) is 23.3 Å². The number of ether oxygens (including phenoxy) is 1. The number of nitro groups is 1. The van der Waals surface area contributed by atoms with Gasteiger partial charge in [0.1, 0.15) is 12.2 Å². The summed E-state index contributed by atoms with van der Waals surface area (Å²) in [4.78, 5) is 22.4. The largest absolute Gasteiger partial charge is 0.480 e. The number of morpholine rings is 1. The number of rotatable bonds is 6. The highest BCUT2D eigenvalue weighted by Gasteiger charge is 2.25. The van der Waals surface area contributed by atoms with Crippen LogP contribution in [0.4, 0.5) is 11.4 Å². The van der Waals surface area contributed by atoms with Gasteiger partial charge >= 0.3 is 5.97 Å². The van der Waals surface area contributed by atoms with E-state index in [1.807, 2.05) is 4.72 Å². The predicted molar refractivity (Wildman–Crippen MR) is 79.0 cm³/mol. The van der Waals surface area contributed by atoms with E-state index in [4.69, 9.17) is 9.84 Å². The molecule has 1 aliphatic rings. The maximum absolute atomic E-state index is 12.0. The topological polar surface area (TPSA) is 139 Å². The molecule has 0 saturated carbocycles. The summed E-state index contributed by atoms with van der Waals surface area (Å²) in [7, 11) is -4.14. The number of hydrogen-bond donors (Lipinski definition) is 2. The molecule has 0 spiro atoms. The number of carboxylic acids is 1. The Kier molecular flexibility index (Phi) is 5.13. The van der Waals surface area contributed by atoms with Crippen molar-refractivity contribution in [1.29, 1.82) is 0 Å². The first-order valence-electron chi connectivity index (χ1n) is 6.64. The Labute approximate surface area is 131 Å². The second-order valence-corrected chi connectivity index (χ2v) is 6.49. The van der Waals surface area contributed by atoms with Gasteiger partial charge in [0.25, 0.3) is 5.69 Å². The predicted octanol–water partition coefficient (Wildman–Crippen LogP) is -0.206. The molecule has 0 aliphatic carbocycles. The molecule has 0 amide bonds. The minimum Gasteiger partial charge on any atom is -0.480 e. The molecular formula is C12H15N3O7S. The molecule has 0 unspecified atom stereocenters. The highest BCUT2D eigenvalue weighted by Crippen LogP contribution is 2.31. The van der Waals surface area contributed by atoms with E-state index in [-0.39, 0.29) is 10.6 Å². The van der Waals surface area contributed by atoms with Gasteiger partial charge in [-0.2, -0.15) is 4.72 Å². The summed E-state index contributed by atoms with van der Waals surface area (Å²) in [6.45, 7) is 0.977.